The van der Waals surface area contributed by atoms with Crippen molar-refractivity contribution in [1.82, 2.24) is 0 Å². The van der Waals surface area contributed by atoms with Crippen LogP contribution in [-0.2, 0) is 14.4 Å². The molecule has 1 aromatic heterocycles. The van der Waals surface area contributed by atoms with E-state index in [1.807, 2.05) is 0 Å². The Balaban J connectivity index is 2.72. The van der Waals surface area contributed by atoms with Gasteiger partial charge in [-0.25, -0.2) is 4.79 Å². The molecule has 1 aromatic rings. The molecule has 0 atom stereocenters. The van der Waals surface area contributed by atoms with Crippen LogP contribution in [0.2, 0.25) is 0 Å². The maximum Gasteiger partial charge on any atom is 0.367 e. The van der Waals surface area contributed by atoms with Gasteiger partial charge in [0.1, 0.15) is 0 Å². The molecular formula is C8H4Cl2NO3S. The SMILES string of the molecule is O=[C]/C(=N/OC(=O)C(Cl)Cl)c1cccs1. The summed E-state index contributed by atoms with van der Waals surface area (Å²) in [6, 6.07) is 3.36. The van der Waals surface area contributed by atoms with Crippen LogP contribution in [0.25, 0.3) is 0 Å². The highest BCUT2D eigenvalue weighted by atomic mass is 35.5. The molecule has 0 aliphatic heterocycles. The van der Waals surface area contributed by atoms with Gasteiger partial charge in [-0.05, 0) is 11.4 Å². The van der Waals surface area contributed by atoms with Gasteiger partial charge in [-0.3, -0.25) is 4.79 Å². The van der Waals surface area contributed by atoms with E-state index in [0.717, 1.165) is 0 Å². The van der Waals surface area contributed by atoms with Crippen molar-refractivity contribution in [2.75, 3.05) is 0 Å². The Morgan fingerprint density at radius 1 is 1.60 bits per heavy atom. The van der Waals surface area contributed by atoms with Gasteiger partial charge >= 0.3 is 5.97 Å². The van der Waals surface area contributed by atoms with Crippen molar-refractivity contribution in [1.29, 1.82) is 0 Å². The van der Waals surface area contributed by atoms with E-state index in [0.29, 0.717) is 4.88 Å². The minimum absolute atomic E-state index is 0.104. The van der Waals surface area contributed by atoms with E-state index in [2.05, 4.69) is 9.99 Å². The summed E-state index contributed by atoms with van der Waals surface area (Å²) in [4.78, 5) is 24.8. The fraction of sp³-hybridized carbons (Fsp3) is 0.125. The lowest BCUT2D eigenvalue weighted by atomic mass is 10.3. The number of carbonyl (C=O) groups is 1. The number of halogens is 2. The van der Waals surface area contributed by atoms with Gasteiger partial charge < -0.3 is 4.84 Å². The van der Waals surface area contributed by atoms with E-state index in [-0.39, 0.29) is 5.71 Å². The molecule has 0 unspecified atom stereocenters. The summed E-state index contributed by atoms with van der Waals surface area (Å²) in [5.74, 6) is -0.942. The molecule has 0 N–H and O–H groups in total. The van der Waals surface area contributed by atoms with Crippen molar-refractivity contribution in [3.8, 4) is 0 Å². The molecule has 0 bridgehead atoms. The highest BCUT2D eigenvalue weighted by molar-refractivity contribution is 7.12. The standard InChI is InChI=1S/C8H4Cl2NO3S/c9-7(10)8(13)14-11-5(4-12)6-2-1-3-15-6/h1-3,7H/b11-5-. The third-order valence-electron chi connectivity index (χ3n) is 1.26. The number of oxime groups is 1. The molecule has 0 aliphatic rings. The molecule has 0 amide bonds. The summed E-state index contributed by atoms with van der Waals surface area (Å²) >= 11 is 11.7. The van der Waals surface area contributed by atoms with Crippen molar-refractivity contribution < 1.29 is 14.4 Å². The molecule has 0 aromatic carbocycles. The Kier molecular flexibility index (Phi) is 4.74. The van der Waals surface area contributed by atoms with Crippen molar-refractivity contribution >= 4 is 52.5 Å². The molecule has 0 aliphatic carbocycles. The Morgan fingerprint density at radius 2 is 2.33 bits per heavy atom. The van der Waals surface area contributed by atoms with E-state index in [9.17, 15) is 9.59 Å². The lowest BCUT2D eigenvalue weighted by Crippen LogP contribution is -2.11. The Labute approximate surface area is 99.4 Å². The Hall–Kier alpha value is -0.910. The van der Waals surface area contributed by atoms with Gasteiger partial charge in [0.25, 0.3) is 6.29 Å². The Morgan fingerprint density at radius 3 is 2.80 bits per heavy atom. The van der Waals surface area contributed by atoms with Crippen LogP contribution in [0.1, 0.15) is 4.88 Å². The normalized spacial score (nSPS) is 11.5. The lowest BCUT2D eigenvalue weighted by Gasteiger charge is -1.97. The minimum Gasteiger partial charge on any atom is -0.314 e. The van der Waals surface area contributed by atoms with E-state index in [4.69, 9.17) is 23.2 Å². The molecule has 1 radical (unpaired) electrons. The number of rotatable bonds is 4. The average molecular weight is 265 g/mol. The second kappa shape index (κ2) is 5.85. The van der Waals surface area contributed by atoms with Crippen molar-refractivity contribution in [3.63, 3.8) is 0 Å². The number of alkyl halides is 2. The molecule has 4 nitrogen and oxygen atoms in total. The largest absolute Gasteiger partial charge is 0.367 e. The molecule has 15 heavy (non-hydrogen) atoms. The van der Waals surface area contributed by atoms with Crippen LogP contribution in [0.3, 0.4) is 0 Å². The lowest BCUT2D eigenvalue weighted by molar-refractivity contribution is -0.141. The molecule has 0 spiro atoms. The average Bonchev–Trinajstić information content (AvgIpc) is 2.71. The van der Waals surface area contributed by atoms with E-state index >= 15 is 0 Å². The monoisotopic (exact) mass is 264 g/mol. The van der Waals surface area contributed by atoms with Crippen LogP contribution < -0.4 is 0 Å². The van der Waals surface area contributed by atoms with Crippen LogP contribution in [0.5, 0.6) is 0 Å². The van der Waals surface area contributed by atoms with Crippen LogP contribution in [0.15, 0.2) is 22.7 Å². The van der Waals surface area contributed by atoms with Crippen LogP contribution >= 0.6 is 34.5 Å². The summed E-state index contributed by atoms with van der Waals surface area (Å²) in [7, 11) is 0. The molecule has 1 heterocycles. The molecular weight excluding hydrogens is 261 g/mol. The van der Waals surface area contributed by atoms with E-state index in [1.165, 1.54) is 11.3 Å². The van der Waals surface area contributed by atoms with Crippen molar-refractivity contribution in [3.05, 3.63) is 22.4 Å². The van der Waals surface area contributed by atoms with Gasteiger partial charge in [0.15, 0.2) is 5.71 Å². The second-order valence-corrected chi connectivity index (χ2v) is 4.27. The molecule has 0 saturated heterocycles. The summed E-state index contributed by atoms with van der Waals surface area (Å²) < 4.78 is 0. The van der Waals surface area contributed by atoms with Gasteiger partial charge in [-0.15, -0.1) is 11.3 Å². The van der Waals surface area contributed by atoms with Gasteiger partial charge in [0.2, 0.25) is 4.84 Å². The van der Waals surface area contributed by atoms with Gasteiger partial charge in [0.05, 0.1) is 4.88 Å². The van der Waals surface area contributed by atoms with E-state index in [1.54, 1.807) is 23.8 Å². The zero-order chi connectivity index (χ0) is 11.3. The van der Waals surface area contributed by atoms with Crippen LogP contribution in [0.4, 0.5) is 0 Å². The van der Waals surface area contributed by atoms with Gasteiger partial charge in [-0.1, -0.05) is 34.4 Å². The predicted molar refractivity (Wildman–Crippen MR) is 58.1 cm³/mol. The maximum absolute atomic E-state index is 10.8. The first-order valence-corrected chi connectivity index (χ1v) is 5.39. The molecule has 7 heteroatoms. The first-order valence-electron chi connectivity index (χ1n) is 3.64. The summed E-state index contributed by atoms with van der Waals surface area (Å²) in [6.07, 6.45) is 1.55. The van der Waals surface area contributed by atoms with Crippen molar-refractivity contribution in [2.45, 2.75) is 4.84 Å². The van der Waals surface area contributed by atoms with Crippen LogP contribution in [0, 0.1) is 0 Å². The fourth-order valence-electron chi connectivity index (χ4n) is 0.658. The third-order valence-corrected chi connectivity index (χ3v) is 2.49. The topological polar surface area (TPSA) is 55.7 Å². The number of thiophene rings is 1. The number of hydrogen-bond donors (Lipinski definition) is 0. The number of carbonyl (C=O) groups excluding carboxylic acids is 2. The summed E-state index contributed by atoms with van der Waals surface area (Å²) in [5.41, 5.74) is -0.104. The second-order valence-electron chi connectivity index (χ2n) is 2.23. The maximum atomic E-state index is 10.8. The van der Waals surface area contributed by atoms with Gasteiger partial charge in [-0.2, -0.15) is 0 Å². The quantitative estimate of drug-likeness (QED) is 0.361. The zero-order valence-electron chi connectivity index (χ0n) is 7.15. The summed E-state index contributed by atoms with van der Waals surface area (Å²) in [6.45, 7) is 0. The smallest absolute Gasteiger partial charge is 0.314 e. The van der Waals surface area contributed by atoms with Crippen molar-refractivity contribution in [2.24, 2.45) is 5.16 Å². The molecule has 0 fully saturated rings. The molecule has 0 saturated carbocycles. The predicted octanol–water partition coefficient (Wildman–Crippen LogP) is 1.91. The molecule has 79 valence electrons. The third kappa shape index (κ3) is 3.62. The number of nitrogens with zero attached hydrogens (tertiary/aromatic N) is 1. The summed E-state index contributed by atoms with van der Waals surface area (Å²) in [5, 5.41) is 5.04. The van der Waals surface area contributed by atoms with Crippen LogP contribution in [-0.4, -0.2) is 22.8 Å². The first kappa shape index (κ1) is 12.2. The van der Waals surface area contributed by atoms with Gasteiger partial charge in [0, 0.05) is 0 Å². The minimum atomic E-state index is -1.33. The fourth-order valence-corrected chi connectivity index (χ4v) is 1.39. The number of hydrogen-bond acceptors (Lipinski definition) is 5. The highest BCUT2D eigenvalue weighted by Gasteiger charge is 2.14. The first-order chi connectivity index (χ1) is 7.15. The molecule has 1 rings (SSSR count). The zero-order valence-corrected chi connectivity index (χ0v) is 9.47. The highest BCUT2D eigenvalue weighted by Crippen LogP contribution is 2.10. The van der Waals surface area contributed by atoms with E-state index < -0.39 is 10.8 Å². The Bertz CT molecular complexity index is 375.